The third kappa shape index (κ3) is 3.38. The molecule has 1 aromatic heterocycles. The zero-order chi connectivity index (χ0) is 15.7. The molecule has 0 aliphatic heterocycles. The number of carbonyl (C=O) groups excluding carboxylic acids is 1. The smallest absolute Gasteiger partial charge is 0.253 e. The molecule has 0 saturated heterocycles. The van der Waals surface area contributed by atoms with Gasteiger partial charge in [0.2, 0.25) is 0 Å². The third-order valence-corrected chi connectivity index (χ3v) is 4.63. The number of rotatable bonds is 4. The van der Waals surface area contributed by atoms with Gasteiger partial charge in [-0.25, -0.2) is 0 Å². The minimum Gasteiger partial charge on any atom is -0.349 e. The quantitative estimate of drug-likeness (QED) is 0.882. The van der Waals surface area contributed by atoms with E-state index in [1.54, 1.807) is 0 Å². The summed E-state index contributed by atoms with van der Waals surface area (Å²) < 4.78 is 1.02. The van der Waals surface area contributed by atoms with Crippen molar-refractivity contribution in [3.05, 3.63) is 52.1 Å². The van der Waals surface area contributed by atoms with E-state index in [2.05, 4.69) is 33.2 Å². The van der Waals surface area contributed by atoms with Crippen LogP contribution in [0.15, 0.2) is 40.9 Å². The zero-order valence-corrected chi connectivity index (χ0v) is 14.4. The van der Waals surface area contributed by atoms with Crippen LogP contribution >= 0.6 is 15.9 Å². The van der Waals surface area contributed by atoms with Crippen LogP contribution in [0.2, 0.25) is 0 Å². The first-order valence-corrected chi connectivity index (χ1v) is 8.38. The highest BCUT2D eigenvalue weighted by molar-refractivity contribution is 9.10. The van der Waals surface area contributed by atoms with Crippen LogP contribution in [0.4, 0.5) is 0 Å². The van der Waals surface area contributed by atoms with Gasteiger partial charge in [-0.2, -0.15) is 0 Å². The number of hydrogen-bond donors (Lipinski definition) is 1. The SMILES string of the molecule is Cc1nc(-c2cccc(Br)c2)ccc1C(=O)NC(C)C1CC1. The van der Waals surface area contributed by atoms with Gasteiger partial charge < -0.3 is 5.32 Å². The molecule has 3 nitrogen and oxygen atoms in total. The van der Waals surface area contributed by atoms with Crippen LogP contribution < -0.4 is 5.32 Å². The molecule has 2 aromatic rings. The molecule has 1 N–H and O–H groups in total. The number of benzene rings is 1. The number of aryl methyl sites for hydroxylation is 1. The molecule has 1 aromatic carbocycles. The Morgan fingerprint density at radius 1 is 1.32 bits per heavy atom. The van der Waals surface area contributed by atoms with Crippen molar-refractivity contribution in [3.8, 4) is 11.3 Å². The third-order valence-electron chi connectivity index (χ3n) is 4.14. The fourth-order valence-corrected chi connectivity index (χ4v) is 3.01. The van der Waals surface area contributed by atoms with E-state index in [-0.39, 0.29) is 11.9 Å². The summed E-state index contributed by atoms with van der Waals surface area (Å²) in [5.74, 6) is 0.628. The molecular formula is C18H19BrN2O. The van der Waals surface area contributed by atoms with E-state index in [1.165, 1.54) is 12.8 Å². The normalized spacial score (nSPS) is 15.4. The predicted molar refractivity (Wildman–Crippen MR) is 91.8 cm³/mol. The first-order chi connectivity index (χ1) is 10.5. The maximum Gasteiger partial charge on any atom is 0.253 e. The average Bonchev–Trinajstić information content (AvgIpc) is 3.31. The Morgan fingerprint density at radius 3 is 2.73 bits per heavy atom. The summed E-state index contributed by atoms with van der Waals surface area (Å²) in [5, 5.41) is 3.08. The monoisotopic (exact) mass is 358 g/mol. The number of carbonyl (C=O) groups is 1. The highest BCUT2D eigenvalue weighted by Crippen LogP contribution is 2.32. The second kappa shape index (κ2) is 6.21. The lowest BCUT2D eigenvalue weighted by atomic mass is 10.1. The molecule has 1 fully saturated rings. The standard InChI is InChI=1S/C18H19BrN2O/c1-11(13-6-7-13)21-18(22)16-8-9-17(20-12(16)2)14-4-3-5-15(19)10-14/h3-5,8-11,13H,6-7H2,1-2H3,(H,21,22). The van der Waals surface area contributed by atoms with Crippen LogP contribution in [-0.4, -0.2) is 16.9 Å². The molecule has 1 aliphatic carbocycles. The van der Waals surface area contributed by atoms with E-state index >= 15 is 0 Å². The average molecular weight is 359 g/mol. The number of aromatic nitrogens is 1. The summed E-state index contributed by atoms with van der Waals surface area (Å²) in [5.41, 5.74) is 3.34. The van der Waals surface area contributed by atoms with Gasteiger partial charge in [-0.1, -0.05) is 28.1 Å². The first kappa shape index (κ1) is 15.2. The lowest BCUT2D eigenvalue weighted by Crippen LogP contribution is -2.34. The van der Waals surface area contributed by atoms with Crippen LogP contribution in [0, 0.1) is 12.8 Å². The van der Waals surface area contributed by atoms with Gasteiger partial charge in [-0.05, 0) is 56.9 Å². The van der Waals surface area contributed by atoms with Crippen LogP contribution in [0.1, 0.15) is 35.8 Å². The van der Waals surface area contributed by atoms with Gasteiger partial charge in [-0.3, -0.25) is 9.78 Å². The Morgan fingerprint density at radius 2 is 2.09 bits per heavy atom. The molecule has 1 amide bonds. The molecule has 1 atom stereocenters. The van der Waals surface area contributed by atoms with E-state index in [4.69, 9.17) is 0 Å². The van der Waals surface area contributed by atoms with Gasteiger partial charge in [0, 0.05) is 16.1 Å². The Kier molecular flexibility index (Phi) is 4.30. The number of halogens is 1. The number of pyridine rings is 1. The van der Waals surface area contributed by atoms with Crippen LogP contribution in [0.3, 0.4) is 0 Å². The Labute approximate surface area is 139 Å². The van der Waals surface area contributed by atoms with Crippen molar-refractivity contribution in [2.24, 2.45) is 5.92 Å². The molecule has 114 valence electrons. The van der Waals surface area contributed by atoms with Crippen molar-refractivity contribution < 1.29 is 4.79 Å². The molecule has 3 rings (SSSR count). The highest BCUT2D eigenvalue weighted by Gasteiger charge is 2.29. The fourth-order valence-electron chi connectivity index (χ4n) is 2.61. The van der Waals surface area contributed by atoms with Crippen molar-refractivity contribution in [3.63, 3.8) is 0 Å². The van der Waals surface area contributed by atoms with Crippen LogP contribution in [-0.2, 0) is 0 Å². The molecule has 0 spiro atoms. The maximum absolute atomic E-state index is 12.4. The van der Waals surface area contributed by atoms with E-state index in [9.17, 15) is 4.79 Å². The van der Waals surface area contributed by atoms with Crippen molar-refractivity contribution in [2.45, 2.75) is 32.7 Å². The lowest BCUT2D eigenvalue weighted by Gasteiger charge is -2.14. The van der Waals surface area contributed by atoms with Crippen molar-refractivity contribution in [1.29, 1.82) is 0 Å². The molecule has 4 heteroatoms. The number of nitrogens with zero attached hydrogens (tertiary/aromatic N) is 1. The molecule has 0 radical (unpaired) electrons. The van der Waals surface area contributed by atoms with Crippen LogP contribution in [0.25, 0.3) is 11.3 Å². The highest BCUT2D eigenvalue weighted by atomic mass is 79.9. The van der Waals surface area contributed by atoms with Crippen molar-refractivity contribution in [2.75, 3.05) is 0 Å². The first-order valence-electron chi connectivity index (χ1n) is 7.59. The summed E-state index contributed by atoms with van der Waals surface area (Å²) >= 11 is 3.47. The minimum absolute atomic E-state index is 0.0230. The van der Waals surface area contributed by atoms with Gasteiger partial charge in [-0.15, -0.1) is 0 Å². The van der Waals surface area contributed by atoms with Gasteiger partial charge in [0.05, 0.1) is 17.0 Å². The van der Waals surface area contributed by atoms with Gasteiger partial charge in [0.15, 0.2) is 0 Å². The van der Waals surface area contributed by atoms with E-state index < -0.39 is 0 Å². The van der Waals surface area contributed by atoms with Crippen LogP contribution in [0.5, 0.6) is 0 Å². The number of nitrogens with one attached hydrogen (secondary N) is 1. The van der Waals surface area contributed by atoms with Gasteiger partial charge >= 0.3 is 0 Å². The maximum atomic E-state index is 12.4. The van der Waals surface area contributed by atoms with E-state index in [1.807, 2.05) is 43.3 Å². The second-order valence-electron chi connectivity index (χ2n) is 5.94. The molecule has 1 saturated carbocycles. The summed E-state index contributed by atoms with van der Waals surface area (Å²) in [4.78, 5) is 16.9. The number of hydrogen-bond acceptors (Lipinski definition) is 2. The molecule has 0 bridgehead atoms. The van der Waals surface area contributed by atoms with Gasteiger partial charge in [0.25, 0.3) is 5.91 Å². The summed E-state index contributed by atoms with van der Waals surface area (Å²) in [6, 6.07) is 12.0. The Bertz CT molecular complexity index is 710. The number of amides is 1. The fraction of sp³-hybridized carbons (Fsp3) is 0.333. The predicted octanol–water partition coefficient (Wildman–Crippen LogP) is 4.35. The summed E-state index contributed by atoms with van der Waals surface area (Å²) in [6.07, 6.45) is 2.45. The largest absolute Gasteiger partial charge is 0.349 e. The van der Waals surface area contributed by atoms with E-state index in [0.717, 1.165) is 21.4 Å². The van der Waals surface area contributed by atoms with Crippen molar-refractivity contribution >= 4 is 21.8 Å². The molecule has 22 heavy (non-hydrogen) atoms. The minimum atomic E-state index is -0.0230. The van der Waals surface area contributed by atoms with E-state index in [0.29, 0.717) is 11.5 Å². The summed E-state index contributed by atoms with van der Waals surface area (Å²) in [6.45, 7) is 3.96. The Balaban J connectivity index is 1.81. The summed E-state index contributed by atoms with van der Waals surface area (Å²) in [7, 11) is 0. The zero-order valence-electron chi connectivity index (χ0n) is 12.8. The molecule has 1 aliphatic rings. The van der Waals surface area contributed by atoms with Crippen molar-refractivity contribution in [1.82, 2.24) is 10.3 Å². The topological polar surface area (TPSA) is 42.0 Å². The molecule has 1 unspecified atom stereocenters. The molecule has 1 heterocycles. The molecular weight excluding hydrogens is 340 g/mol. The second-order valence-corrected chi connectivity index (χ2v) is 6.86. The lowest BCUT2D eigenvalue weighted by molar-refractivity contribution is 0.0935. The Hall–Kier alpha value is -1.68. The van der Waals surface area contributed by atoms with Gasteiger partial charge in [0.1, 0.15) is 0 Å².